The Hall–Kier alpha value is -1.69. The Balaban J connectivity index is 2.24. The third-order valence-corrected chi connectivity index (χ3v) is 2.13. The summed E-state index contributed by atoms with van der Waals surface area (Å²) in [6, 6.07) is 1.40. The summed E-state index contributed by atoms with van der Waals surface area (Å²) in [6.07, 6.45) is 3.10. The number of nitrogens with zero attached hydrogens (tertiary/aromatic N) is 3. The molecule has 0 aromatic carbocycles. The number of hydrogen-bond donors (Lipinski definition) is 2. The van der Waals surface area contributed by atoms with Gasteiger partial charge in [-0.25, -0.2) is 9.37 Å². The molecule has 2 heterocycles. The third-order valence-electron chi connectivity index (χ3n) is 2.13. The van der Waals surface area contributed by atoms with Gasteiger partial charge in [-0.3, -0.25) is 15.4 Å². The molecule has 0 atom stereocenters. The lowest BCUT2D eigenvalue weighted by Gasteiger charge is -2.25. The topological polar surface area (TPSA) is 66.5 Å². The van der Waals surface area contributed by atoms with Gasteiger partial charge in [0.05, 0.1) is 13.1 Å². The molecular weight excluding hydrogens is 197 g/mol. The highest BCUT2D eigenvalue weighted by Gasteiger charge is 2.14. The average molecular weight is 209 g/mol. The first-order chi connectivity index (χ1) is 7.31. The van der Waals surface area contributed by atoms with Crippen LogP contribution < -0.4 is 16.2 Å². The molecule has 1 aromatic heterocycles. The van der Waals surface area contributed by atoms with E-state index in [1.165, 1.54) is 12.4 Å². The summed E-state index contributed by atoms with van der Waals surface area (Å²) in [5.41, 5.74) is 8.89. The van der Waals surface area contributed by atoms with Crippen LogP contribution in [0.3, 0.4) is 0 Å². The summed E-state index contributed by atoms with van der Waals surface area (Å²) in [6.45, 7) is 1.52. The highest BCUT2D eigenvalue weighted by atomic mass is 19.1. The van der Waals surface area contributed by atoms with Crippen molar-refractivity contribution >= 4 is 12.2 Å². The second-order valence-corrected chi connectivity index (χ2v) is 3.17. The molecule has 1 aliphatic heterocycles. The summed E-state index contributed by atoms with van der Waals surface area (Å²) in [5.74, 6) is -0.0981. The first-order valence-corrected chi connectivity index (χ1v) is 4.68. The van der Waals surface area contributed by atoms with Crippen LogP contribution in [0.5, 0.6) is 0 Å². The van der Waals surface area contributed by atoms with Crippen molar-refractivity contribution in [3.05, 3.63) is 23.6 Å². The first kappa shape index (κ1) is 9.85. The van der Waals surface area contributed by atoms with Crippen molar-refractivity contribution in [3.8, 4) is 0 Å². The van der Waals surface area contributed by atoms with Gasteiger partial charge >= 0.3 is 0 Å². The maximum absolute atomic E-state index is 13.6. The van der Waals surface area contributed by atoms with Gasteiger partial charge in [0.1, 0.15) is 6.34 Å². The van der Waals surface area contributed by atoms with Gasteiger partial charge in [-0.05, 0) is 11.6 Å². The van der Waals surface area contributed by atoms with E-state index in [9.17, 15) is 4.39 Å². The molecule has 3 N–H and O–H groups in total. The zero-order chi connectivity index (χ0) is 10.7. The van der Waals surface area contributed by atoms with E-state index < -0.39 is 0 Å². The molecule has 6 heteroatoms. The van der Waals surface area contributed by atoms with Gasteiger partial charge in [0.25, 0.3) is 0 Å². The number of aromatic nitrogens is 1. The predicted molar refractivity (Wildman–Crippen MR) is 55.9 cm³/mol. The Labute approximate surface area is 86.8 Å². The molecule has 1 aromatic rings. The van der Waals surface area contributed by atoms with Crippen LogP contribution in [0.15, 0.2) is 17.3 Å². The molecule has 5 nitrogen and oxygen atoms in total. The maximum Gasteiger partial charge on any atom is 0.183 e. The minimum absolute atomic E-state index is 0.276. The van der Waals surface area contributed by atoms with Crippen LogP contribution in [-0.2, 0) is 6.54 Å². The summed E-state index contributed by atoms with van der Waals surface area (Å²) in [5, 5.41) is 1.61. The fourth-order valence-electron chi connectivity index (χ4n) is 1.34. The van der Waals surface area contributed by atoms with Crippen LogP contribution in [0.4, 0.5) is 10.2 Å². The third kappa shape index (κ3) is 2.04. The van der Waals surface area contributed by atoms with Crippen molar-refractivity contribution in [3.63, 3.8) is 0 Å². The molecule has 0 unspecified atom stereocenters. The number of aliphatic imine (C=N–C) groups is 1. The molecule has 2 rings (SSSR count). The Morgan fingerprint density at radius 3 is 3.07 bits per heavy atom. The predicted octanol–water partition coefficient (Wildman–Crippen LogP) is 0.0323. The lowest BCUT2D eigenvalue weighted by atomic mass is 10.3. The first-order valence-electron chi connectivity index (χ1n) is 4.68. The van der Waals surface area contributed by atoms with Gasteiger partial charge in [-0.1, -0.05) is 0 Å². The smallest absolute Gasteiger partial charge is 0.183 e. The van der Waals surface area contributed by atoms with Crippen molar-refractivity contribution in [1.82, 2.24) is 10.4 Å². The van der Waals surface area contributed by atoms with E-state index in [1.807, 2.05) is 0 Å². The summed E-state index contributed by atoms with van der Waals surface area (Å²) >= 11 is 0. The molecule has 0 aliphatic carbocycles. The normalized spacial score (nSPS) is 15.2. The van der Waals surface area contributed by atoms with Crippen LogP contribution in [0, 0.1) is 5.82 Å². The van der Waals surface area contributed by atoms with Gasteiger partial charge < -0.3 is 5.73 Å². The molecule has 0 amide bonds. The molecule has 1 aliphatic rings. The fraction of sp³-hybridized carbons (Fsp3) is 0.333. The van der Waals surface area contributed by atoms with Crippen molar-refractivity contribution in [2.45, 2.75) is 6.54 Å². The Kier molecular flexibility index (Phi) is 2.77. The quantitative estimate of drug-likeness (QED) is 0.721. The SMILES string of the molecule is NCc1cnc(N2CCN=CN2)c(F)c1. The molecule has 0 saturated carbocycles. The molecule has 0 radical (unpaired) electrons. The number of anilines is 1. The highest BCUT2D eigenvalue weighted by molar-refractivity contribution is 5.60. The van der Waals surface area contributed by atoms with Gasteiger partial charge in [-0.15, -0.1) is 0 Å². The van der Waals surface area contributed by atoms with Crippen molar-refractivity contribution in [2.75, 3.05) is 18.1 Å². The number of hydrogen-bond acceptors (Lipinski definition) is 5. The van der Waals surface area contributed by atoms with E-state index in [0.717, 1.165) is 0 Å². The fourth-order valence-corrected chi connectivity index (χ4v) is 1.34. The number of halogens is 1. The lowest BCUT2D eigenvalue weighted by molar-refractivity contribution is 0.597. The molecule has 15 heavy (non-hydrogen) atoms. The summed E-state index contributed by atoms with van der Waals surface area (Å²) in [4.78, 5) is 7.99. The Morgan fingerprint density at radius 1 is 1.60 bits per heavy atom. The van der Waals surface area contributed by atoms with Crippen LogP contribution >= 0.6 is 0 Å². The van der Waals surface area contributed by atoms with Crippen molar-refractivity contribution in [1.29, 1.82) is 0 Å². The van der Waals surface area contributed by atoms with Gasteiger partial charge in [-0.2, -0.15) is 0 Å². The zero-order valence-electron chi connectivity index (χ0n) is 8.15. The van der Waals surface area contributed by atoms with Crippen molar-refractivity contribution in [2.24, 2.45) is 10.7 Å². The number of rotatable bonds is 2. The van der Waals surface area contributed by atoms with Gasteiger partial charge in [0.2, 0.25) is 0 Å². The summed E-state index contributed by atoms with van der Waals surface area (Å²) in [7, 11) is 0. The lowest BCUT2D eigenvalue weighted by Crippen LogP contribution is -2.43. The average Bonchev–Trinajstić information content (AvgIpc) is 2.30. The Morgan fingerprint density at radius 2 is 2.47 bits per heavy atom. The second-order valence-electron chi connectivity index (χ2n) is 3.17. The van der Waals surface area contributed by atoms with E-state index in [-0.39, 0.29) is 11.6 Å². The van der Waals surface area contributed by atoms with E-state index in [0.29, 0.717) is 25.2 Å². The summed E-state index contributed by atoms with van der Waals surface area (Å²) < 4.78 is 13.6. The van der Waals surface area contributed by atoms with E-state index >= 15 is 0 Å². The van der Waals surface area contributed by atoms with E-state index in [1.54, 1.807) is 11.2 Å². The van der Waals surface area contributed by atoms with E-state index in [4.69, 9.17) is 5.73 Å². The molecular formula is C9H12FN5. The zero-order valence-corrected chi connectivity index (χ0v) is 8.15. The highest BCUT2D eigenvalue weighted by Crippen LogP contribution is 2.15. The Bertz CT molecular complexity index is 379. The molecule has 0 saturated heterocycles. The van der Waals surface area contributed by atoms with Crippen molar-refractivity contribution < 1.29 is 4.39 Å². The monoisotopic (exact) mass is 209 g/mol. The number of hydrazine groups is 1. The number of pyridine rings is 1. The van der Waals surface area contributed by atoms with Crippen LogP contribution in [0.1, 0.15) is 5.56 Å². The van der Waals surface area contributed by atoms with Gasteiger partial charge in [0.15, 0.2) is 11.6 Å². The second kappa shape index (κ2) is 4.22. The van der Waals surface area contributed by atoms with Crippen LogP contribution in [-0.4, -0.2) is 24.4 Å². The number of nitrogens with one attached hydrogen (secondary N) is 1. The molecule has 80 valence electrons. The largest absolute Gasteiger partial charge is 0.326 e. The van der Waals surface area contributed by atoms with Crippen LogP contribution in [0.25, 0.3) is 0 Å². The molecule has 0 bridgehead atoms. The minimum Gasteiger partial charge on any atom is -0.326 e. The van der Waals surface area contributed by atoms with Crippen LogP contribution in [0.2, 0.25) is 0 Å². The number of nitrogens with two attached hydrogens (primary N) is 1. The minimum atomic E-state index is -0.374. The van der Waals surface area contributed by atoms with Gasteiger partial charge in [0, 0.05) is 12.7 Å². The molecule has 0 fully saturated rings. The van der Waals surface area contributed by atoms with E-state index in [2.05, 4.69) is 15.4 Å². The maximum atomic E-state index is 13.6. The standard InChI is InChI=1S/C9H12FN5/c10-8-3-7(4-11)5-13-9(8)15-2-1-12-6-14-15/h3,5-6H,1-2,4,11H2,(H,12,14). The molecule has 0 spiro atoms.